The van der Waals surface area contributed by atoms with Crippen molar-refractivity contribution in [3.63, 3.8) is 0 Å². The average Bonchev–Trinajstić information content (AvgIpc) is 2.44. The van der Waals surface area contributed by atoms with Crippen LogP contribution >= 0.6 is 0 Å². The van der Waals surface area contributed by atoms with Crippen LogP contribution in [0.15, 0.2) is 0 Å². The van der Waals surface area contributed by atoms with Crippen molar-refractivity contribution >= 4 is 6.29 Å². The predicted molar refractivity (Wildman–Crippen MR) is 80.5 cm³/mol. The van der Waals surface area contributed by atoms with Crippen molar-refractivity contribution in [1.82, 2.24) is 4.90 Å². The highest BCUT2D eigenvalue weighted by molar-refractivity contribution is 5.53. The maximum Gasteiger partial charge on any atom is 0.124 e. The van der Waals surface area contributed by atoms with E-state index in [1.165, 1.54) is 51.5 Å². The third-order valence-electron chi connectivity index (χ3n) is 6.86. The summed E-state index contributed by atoms with van der Waals surface area (Å²) in [5.41, 5.74) is 0.711. The van der Waals surface area contributed by atoms with E-state index in [9.17, 15) is 4.79 Å². The molecule has 4 saturated carbocycles. The molecular formula is C18H29NO. The minimum absolute atomic E-state index is 0.320. The Bertz CT molecular complexity index is 342. The van der Waals surface area contributed by atoms with E-state index >= 15 is 0 Å². The van der Waals surface area contributed by atoms with Crippen LogP contribution in [0.5, 0.6) is 0 Å². The smallest absolute Gasteiger partial charge is 0.124 e. The summed E-state index contributed by atoms with van der Waals surface area (Å²) < 4.78 is 0. The number of rotatable bonds is 4. The van der Waals surface area contributed by atoms with Gasteiger partial charge in [0, 0.05) is 12.5 Å². The van der Waals surface area contributed by atoms with Crippen molar-refractivity contribution in [2.75, 3.05) is 19.6 Å². The van der Waals surface area contributed by atoms with Crippen LogP contribution in [0.3, 0.4) is 0 Å². The summed E-state index contributed by atoms with van der Waals surface area (Å²) >= 11 is 0. The second-order valence-corrected chi connectivity index (χ2v) is 8.51. The molecule has 0 aromatic carbocycles. The number of nitrogens with zero attached hydrogens (tertiary/aromatic N) is 1. The Kier molecular flexibility index (Phi) is 3.41. The van der Waals surface area contributed by atoms with Crippen LogP contribution in [0.1, 0.15) is 57.8 Å². The molecule has 2 nitrogen and oxygen atoms in total. The Morgan fingerprint density at radius 2 is 1.70 bits per heavy atom. The number of piperidine rings is 1. The summed E-state index contributed by atoms with van der Waals surface area (Å²) in [6, 6.07) is 0. The SMILES string of the molecule is O=CC1CCCN(CCC23CC4CC(CC(C4)C2)C3)C1. The van der Waals surface area contributed by atoms with Crippen molar-refractivity contribution in [2.24, 2.45) is 29.1 Å². The maximum atomic E-state index is 11.0. The summed E-state index contributed by atoms with van der Waals surface area (Å²) in [5.74, 6) is 3.54. The van der Waals surface area contributed by atoms with Gasteiger partial charge in [-0.2, -0.15) is 0 Å². The van der Waals surface area contributed by atoms with Gasteiger partial charge in [0.05, 0.1) is 0 Å². The monoisotopic (exact) mass is 275 g/mol. The molecule has 1 aliphatic heterocycles. The van der Waals surface area contributed by atoms with Crippen LogP contribution in [0.4, 0.5) is 0 Å². The van der Waals surface area contributed by atoms with Crippen molar-refractivity contribution in [2.45, 2.75) is 57.8 Å². The van der Waals surface area contributed by atoms with E-state index in [-0.39, 0.29) is 0 Å². The molecule has 1 heterocycles. The molecule has 0 amide bonds. The van der Waals surface area contributed by atoms with E-state index in [1.54, 1.807) is 19.3 Å². The molecular weight excluding hydrogens is 246 g/mol. The van der Waals surface area contributed by atoms with Gasteiger partial charge in [0.1, 0.15) is 6.29 Å². The van der Waals surface area contributed by atoms with Gasteiger partial charge in [-0.15, -0.1) is 0 Å². The predicted octanol–water partition coefficient (Wildman–Crippen LogP) is 3.50. The molecule has 5 fully saturated rings. The standard InChI is InChI=1S/C18H29NO/c20-13-14-2-1-4-19(12-14)5-3-18-9-15-6-16(10-18)8-17(7-15)11-18/h13-17H,1-12H2. The quantitative estimate of drug-likeness (QED) is 0.732. The molecule has 112 valence electrons. The third-order valence-corrected chi connectivity index (χ3v) is 6.86. The van der Waals surface area contributed by atoms with Gasteiger partial charge < -0.3 is 9.69 Å². The Morgan fingerprint density at radius 1 is 1.05 bits per heavy atom. The molecule has 4 bridgehead atoms. The lowest BCUT2D eigenvalue weighted by molar-refractivity contribution is -0.112. The van der Waals surface area contributed by atoms with E-state index in [2.05, 4.69) is 4.90 Å². The molecule has 1 saturated heterocycles. The molecule has 0 N–H and O–H groups in total. The molecule has 0 spiro atoms. The van der Waals surface area contributed by atoms with E-state index in [0.717, 1.165) is 30.7 Å². The van der Waals surface area contributed by atoms with Crippen LogP contribution in [0.25, 0.3) is 0 Å². The molecule has 5 rings (SSSR count). The molecule has 0 aromatic heterocycles. The zero-order valence-electron chi connectivity index (χ0n) is 12.7. The molecule has 2 heteroatoms. The number of hydrogen-bond acceptors (Lipinski definition) is 2. The molecule has 4 aliphatic carbocycles. The highest BCUT2D eigenvalue weighted by Crippen LogP contribution is 2.61. The molecule has 5 aliphatic rings. The van der Waals surface area contributed by atoms with Crippen molar-refractivity contribution < 1.29 is 4.79 Å². The number of carbonyl (C=O) groups is 1. The van der Waals surface area contributed by atoms with Gasteiger partial charge in [0.25, 0.3) is 0 Å². The fourth-order valence-electron chi connectivity index (χ4n) is 6.40. The Labute approximate surface area is 123 Å². The van der Waals surface area contributed by atoms with Crippen LogP contribution in [0.2, 0.25) is 0 Å². The second-order valence-electron chi connectivity index (χ2n) is 8.51. The van der Waals surface area contributed by atoms with Crippen LogP contribution < -0.4 is 0 Å². The molecule has 1 unspecified atom stereocenters. The Balaban J connectivity index is 1.36. The van der Waals surface area contributed by atoms with E-state index < -0.39 is 0 Å². The summed E-state index contributed by atoms with van der Waals surface area (Å²) in [6.07, 6.45) is 14.2. The van der Waals surface area contributed by atoms with Crippen molar-refractivity contribution in [1.29, 1.82) is 0 Å². The van der Waals surface area contributed by atoms with E-state index in [0.29, 0.717) is 11.3 Å². The van der Waals surface area contributed by atoms with Gasteiger partial charge in [-0.1, -0.05) is 0 Å². The maximum absolute atomic E-state index is 11.0. The normalized spacial score (nSPS) is 47.6. The summed E-state index contributed by atoms with van der Waals surface area (Å²) in [7, 11) is 0. The zero-order chi connectivity index (χ0) is 13.6. The summed E-state index contributed by atoms with van der Waals surface area (Å²) in [4.78, 5) is 13.6. The van der Waals surface area contributed by atoms with Gasteiger partial charge in [-0.3, -0.25) is 0 Å². The highest BCUT2D eigenvalue weighted by Gasteiger charge is 2.50. The fraction of sp³-hybridized carbons (Fsp3) is 0.944. The lowest BCUT2D eigenvalue weighted by Crippen LogP contribution is -2.48. The largest absolute Gasteiger partial charge is 0.303 e. The third kappa shape index (κ3) is 2.45. The minimum Gasteiger partial charge on any atom is -0.303 e. The number of likely N-dealkylation sites (tertiary alicyclic amines) is 1. The van der Waals surface area contributed by atoms with E-state index in [1.807, 2.05) is 0 Å². The van der Waals surface area contributed by atoms with Crippen LogP contribution in [-0.4, -0.2) is 30.8 Å². The van der Waals surface area contributed by atoms with Crippen molar-refractivity contribution in [3.05, 3.63) is 0 Å². The van der Waals surface area contributed by atoms with Crippen LogP contribution in [-0.2, 0) is 4.79 Å². The summed E-state index contributed by atoms with van der Waals surface area (Å²) in [6.45, 7) is 3.53. The first kappa shape index (κ1) is 13.3. The van der Waals surface area contributed by atoms with Gasteiger partial charge in [0.2, 0.25) is 0 Å². The lowest BCUT2D eigenvalue weighted by atomic mass is 9.49. The fourth-order valence-corrected chi connectivity index (χ4v) is 6.40. The first-order valence-corrected chi connectivity index (χ1v) is 8.92. The number of hydrogen-bond donors (Lipinski definition) is 0. The number of aldehydes is 1. The molecule has 1 atom stereocenters. The summed E-state index contributed by atoms with van der Waals surface area (Å²) in [5, 5.41) is 0. The van der Waals surface area contributed by atoms with Crippen LogP contribution in [0, 0.1) is 29.1 Å². The highest BCUT2D eigenvalue weighted by atomic mass is 16.1. The van der Waals surface area contributed by atoms with Gasteiger partial charge in [-0.05, 0) is 94.0 Å². The lowest BCUT2D eigenvalue weighted by Gasteiger charge is -2.57. The van der Waals surface area contributed by atoms with Crippen molar-refractivity contribution in [3.8, 4) is 0 Å². The average molecular weight is 275 g/mol. The Hall–Kier alpha value is -0.370. The zero-order valence-corrected chi connectivity index (χ0v) is 12.7. The first-order valence-electron chi connectivity index (χ1n) is 8.92. The van der Waals surface area contributed by atoms with Gasteiger partial charge in [0.15, 0.2) is 0 Å². The molecule has 0 aromatic rings. The first-order chi connectivity index (χ1) is 9.75. The molecule has 20 heavy (non-hydrogen) atoms. The van der Waals surface area contributed by atoms with E-state index in [4.69, 9.17) is 0 Å². The van der Waals surface area contributed by atoms with Gasteiger partial charge in [-0.25, -0.2) is 0 Å². The topological polar surface area (TPSA) is 20.3 Å². The van der Waals surface area contributed by atoms with Gasteiger partial charge >= 0.3 is 0 Å². The molecule has 0 radical (unpaired) electrons. The minimum atomic E-state index is 0.320. The second kappa shape index (κ2) is 5.12. The number of carbonyl (C=O) groups excluding carboxylic acids is 1. The Morgan fingerprint density at radius 3 is 2.30 bits per heavy atom.